The van der Waals surface area contributed by atoms with Crippen molar-refractivity contribution >= 4 is 32.7 Å². The van der Waals surface area contributed by atoms with Crippen molar-refractivity contribution < 1.29 is 13.3 Å². The van der Waals surface area contributed by atoms with Gasteiger partial charge in [0, 0.05) is 17.5 Å². The van der Waals surface area contributed by atoms with E-state index in [1.165, 1.54) is 19.2 Å². The minimum atomic E-state index is -3.74. The van der Waals surface area contributed by atoms with Crippen LogP contribution < -0.4 is 10.0 Å². The molecule has 0 aliphatic rings. The molecule has 1 aromatic heterocycles. The number of nitrogens with zero attached hydrogens (tertiary/aromatic N) is 2. The third kappa shape index (κ3) is 4.54. The van der Waals surface area contributed by atoms with Crippen LogP contribution in [0.2, 0.25) is 0 Å². The maximum Gasteiger partial charge on any atom is 0.293 e. The molecule has 1 heterocycles. The van der Waals surface area contributed by atoms with Gasteiger partial charge in [-0.3, -0.25) is 10.1 Å². The van der Waals surface area contributed by atoms with Gasteiger partial charge in [-0.1, -0.05) is 6.07 Å². The van der Waals surface area contributed by atoms with Gasteiger partial charge in [-0.05, 0) is 44.7 Å². The number of benzene rings is 1. The number of nitro groups is 1. The van der Waals surface area contributed by atoms with E-state index in [-0.39, 0.29) is 22.3 Å². The number of hydrogen-bond donors (Lipinski definition) is 2. The minimum absolute atomic E-state index is 0.0420. The Morgan fingerprint density at radius 1 is 1.32 bits per heavy atom. The molecule has 2 rings (SSSR count). The summed E-state index contributed by atoms with van der Waals surface area (Å²) in [6.07, 6.45) is 0. The summed E-state index contributed by atoms with van der Waals surface area (Å²) < 4.78 is 25.8. The van der Waals surface area contributed by atoms with Crippen LogP contribution >= 0.6 is 11.3 Å². The van der Waals surface area contributed by atoms with Crippen molar-refractivity contribution in [2.75, 3.05) is 33.0 Å². The fourth-order valence-electron chi connectivity index (χ4n) is 2.32. The van der Waals surface area contributed by atoms with Gasteiger partial charge in [0.2, 0.25) is 10.0 Å². The van der Waals surface area contributed by atoms with Gasteiger partial charge in [0.1, 0.15) is 5.69 Å². The van der Waals surface area contributed by atoms with E-state index in [4.69, 9.17) is 0 Å². The lowest BCUT2D eigenvalue weighted by molar-refractivity contribution is -0.384. The minimum Gasteiger partial charge on any atom is -0.378 e. The molecule has 0 radical (unpaired) electrons. The highest BCUT2D eigenvalue weighted by atomic mass is 32.2. The highest BCUT2D eigenvalue weighted by Crippen LogP contribution is 2.29. The Morgan fingerprint density at radius 2 is 2.04 bits per heavy atom. The molecule has 8 nitrogen and oxygen atoms in total. The number of anilines is 1. The molecule has 1 aromatic carbocycles. The number of nitrogens with one attached hydrogen (secondary N) is 2. The number of likely N-dealkylation sites (N-methyl/N-ethyl adjacent to an activating group) is 1. The fraction of sp³-hybridized carbons (Fsp3) is 0.333. The molecule has 0 saturated carbocycles. The van der Waals surface area contributed by atoms with Gasteiger partial charge in [0.05, 0.1) is 15.9 Å². The summed E-state index contributed by atoms with van der Waals surface area (Å²) in [6.45, 7) is 0.451. The van der Waals surface area contributed by atoms with Crippen LogP contribution in [0.1, 0.15) is 10.9 Å². The van der Waals surface area contributed by atoms with Crippen molar-refractivity contribution in [1.29, 1.82) is 0 Å². The summed E-state index contributed by atoms with van der Waals surface area (Å²) in [6, 6.07) is 7.83. The first-order valence-electron chi connectivity index (χ1n) is 7.42. The number of rotatable bonds is 8. The first kappa shape index (κ1) is 19.3. The molecule has 0 saturated heterocycles. The SMILES string of the molecule is CNS(=O)(=O)c1ccc(NCC(c2cccs2)N(C)C)c([N+](=O)[O-])c1. The molecule has 0 bridgehead atoms. The predicted molar refractivity (Wildman–Crippen MR) is 98.6 cm³/mol. The van der Waals surface area contributed by atoms with Crippen molar-refractivity contribution in [1.82, 2.24) is 9.62 Å². The van der Waals surface area contributed by atoms with Crippen LogP contribution in [-0.4, -0.2) is 45.9 Å². The topological polar surface area (TPSA) is 105 Å². The molecule has 1 atom stereocenters. The molecular formula is C15H20N4O4S2. The van der Waals surface area contributed by atoms with Crippen molar-refractivity contribution in [3.05, 3.63) is 50.7 Å². The number of sulfonamides is 1. The van der Waals surface area contributed by atoms with Crippen molar-refractivity contribution in [2.24, 2.45) is 0 Å². The van der Waals surface area contributed by atoms with Crippen LogP contribution in [0.25, 0.3) is 0 Å². The lowest BCUT2D eigenvalue weighted by atomic mass is 10.2. The summed E-state index contributed by atoms with van der Waals surface area (Å²) in [5.74, 6) is 0. The molecule has 1 unspecified atom stereocenters. The lowest BCUT2D eigenvalue weighted by Gasteiger charge is -2.24. The molecule has 2 aromatic rings. The van der Waals surface area contributed by atoms with Gasteiger partial charge in [0.15, 0.2) is 0 Å². The Hall–Kier alpha value is -2.01. The van der Waals surface area contributed by atoms with E-state index in [2.05, 4.69) is 10.0 Å². The second-order valence-electron chi connectivity index (χ2n) is 5.52. The standard InChI is InChI=1S/C15H20N4O4S2/c1-16-25(22,23)11-6-7-12(13(9-11)19(20)21)17-10-14(18(2)3)15-5-4-8-24-15/h4-9,14,16-17H,10H2,1-3H3. The monoisotopic (exact) mass is 384 g/mol. The first-order valence-corrected chi connectivity index (χ1v) is 9.78. The Kier molecular flexibility index (Phi) is 6.11. The van der Waals surface area contributed by atoms with E-state index >= 15 is 0 Å². The summed E-state index contributed by atoms with van der Waals surface area (Å²) in [7, 11) is 1.39. The van der Waals surface area contributed by atoms with Gasteiger partial charge < -0.3 is 10.2 Å². The Balaban J connectivity index is 2.28. The summed E-state index contributed by atoms with van der Waals surface area (Å²) in [5, 5.41) is 16.4. The van der Waals surface area contributed by atoms with Gasteiger partial charge in [-0.2, -0.15) is 0 Å². The average Bonchev–Trinajstić information content (AvgIpc) is 3.08. The zero-order chi connectivity index (χ0) is 18.6. The zero-order valence-electron chi connectivity index (χ0n) is 14.1. The summed E-state index contributed by atoms with van der Waals surface area (Å²) in [4.78, 5) is 13.8. The molecular weight excluding hydrogens is 364 g/mol. The largest absolute Gasteiger partial charge is 0.378 e. The van der Waals surface area contributed by atoms with E-state index in [1.807, 2.05) is 36.5 Å². The zero-order valence-corrected chi connectivity index (χ0v) is 15.7. The average molecular weight is 384 g/mol. The molecule has 0 aliphatic carbocycles. The van der Waals surface area contributed by atoms with E-state index in [0.717, 1.165) is 10.9 Å². The lowest BCUT2D eigenvalue weighted by Crippen LogP contribution is -2.26. The molecule has 0 aliphatic heterocycles. The number of hydrogen-bond acceptors (Lipinski definition) is 7. The van der Waals surface area contributed by atoms with Crippen LogP contribution in [0.5, 0.6) is 0 Å². The van der Waals surface area contributed by atoms with Crippen LogP contribution in [0.15, 0.2) is 40.6 Å². The van der Waals surface area contributed by atoms with Crippen molar-refractivity contribution in [2.45, 2.75) is 10.9 Å². The summed E-state index contributed by atoms with van der Waals surface area (Å²) in [5.41, 5.74) is 0.00321. The van der Waals surface area contributed by atoms with E-state index in [0.29, 0.717) is 6.54 Å². The fourth-order valence-corrected chi connectivity index (χ4v) is 3.99. The van der Waals surface area contributed by atoms with Gasteiger partial charge >= 0.3 is 0 Å². The third-order valence-corrected chi connectivity index (χ3v) is 6.11. The van der Waals surface area contributed by atoms with Crippen LogP contribution in [0.4, 0.5) is 11.4 Å². The van der Waals surface area contributed by atoms with Crippen molar-refractivity contribution in [3.63, 3.8) is 0 Å². The second kappa shape index (κ2) is 7.91. The van der Waals surface area contributed by atoms with E-state index in [9.17, 15) is 18.5 Å². The quantitative estimate of drug-likeness (QED) is 0.534. The molecule has 2 N–H and O–H groups in total. The van der Waals surface area contributed by atoms with Gasteiger partial charge in [0.25, 0.3) is 5.69 Å². The van der Waals surface area contributed by atoms with Crippen molar-refractivity contribution in [3.8, 4) is 0 Å². The van der Waals surface area contributed by atoms with Crippen LogP contribution in [-0.2, 0) is 10.0 Å². The normalized spacial score (nSPS) is 13.0. The van der Waals surface area contributed by atoms with Gasteiger partial charge in [-0.15, -0.1) is 11.3 Å². The van der Waals surface area contributed by atoms with Crippen LogP contribution in [0, 0.1) is 10.1 Å². The molecule has 10 heteroatoms. The van der Waals surface area contributed by atoms with Crippen LogP contribution in [0.3, 0.4) is 0 Å². The number of nitro benzene ring substituents is 1. The predicted octanol–water partition coefficient (Wildman–Crippen LogP) is 2.28. The Labute approximate surface area is 150 Å². The highest BCUT2D eigenvalue weighted by molar-refractivity contribution is 7.89. The molecule has 25 heavy (non-hydrogen) atoms. The second-order valence-corrected chi connectivity index (χ2v) is 8.39. The Bertz CT molecular complexity index is 835. The molecule has 0 spiro atoms. The number of thiophene rings is 1. The smallest absolute Gasteiger partial charge is 0.293 e. The first-order chi connectivity index (χ1) is 11.8. The molecule has 136 valence electrons. The molecule has 0 fully saturated rings. The van der Waals surface area contributed by atoms with E-state index in [1.54, 1.807) is 11.3 Å². The van der Waals surface area contributed by atoms with Gasteiger partial charge in [-0.25, -0.2) is 13.1 Å². The molecule has 0 amide bonds. The maximum absolute atomic E-state index is 11.8. The van der Waals surface area contributed by atoms with E-state index < -0.39 is 14.9 Å². The Morgan fingerprint density at radius 3 is 2.56 bits per heavy atom. The highest BCUT2D eigenvalue weighted by Gasteiger charge is 2.22. The maximum atomic E-state index is 11.8. The third-order valence-electron chi connectivity index (χ3n) is 3.73. The summed E-state index contributed by atoms with van der Waals surface area (Å²) >= 11 is 1.61.